The van der Waals surface area contributed by atoms with Gasteiger partial charge in [-0.05, 0) is 28.1 Å². The third-order valence-corrected chi connectivity index (χ3v) is 2.73. The van der Waals surface area contributed by atoms with Crippen molar-refractivity contribution in [2.75, 3.05) is 13.2 Å². The maximum atomic E-state index is 12.2. The molecule has 1 rings (SSSR count). The van der Waals surface area contributed by atoms with Crippen LogP contribution in [0.1, 0.15) is 5.56 Å². The molecule has 0 saturated heterocycles. The molecule has 1 aromatic carbocycles. The number of halogens is 2. The normalized spacial score (nSPS) is 11.0. The molecule has 0 amide bonds. The van der Waals surface area contributed by atoms with Crippen LogP contribution in [-0.4, -0.2) is 13.2 Å². The summed E-state index contributed by atoms with van der Waals surface area (Å²) in [6.45, 7) is 0.173. The molecule has 0 unspecified atom stereocenters. The summed E-state index contributed by atoms with van der Waals surface area (Å²) in [6.07, 6.45) is 0.433. The molecule has 0 saturated carbocycles. The number of benzene rings is 1. The zero-order valence-corrected chi connectivity index (χ0v) is 10.00. The minimum absolute atomic E-state index is 0.0699. The highest BCUT2D eigenvalue weighted by atomic mass is 79.9. The molecule has 0 spiro atoms. The van der Waals surface area contributed by atoms with Crippen LogP contribution in [0, 0.1) is 11.3 Å². The number of nitrogens with two attached hydrogens (primary N) is 1. The van der Waals surface area contributed by atoms with E-state index in [9.17, 15) is 4.39 Å². The van der Waals surface area contributed by atoms with Crippen molar-refractivity contribution in [1.82, 2.24) is 0 Å². The highest BCUT2D eigenvalue weighted by Gasteiger charge is 2.06. The Morgan fingerprint density at radius 1 is 1.62 bits per heavy atom. The molecule has 3 nitrogen and oxygen atoms in total. The van der Waals surface area contributed by atoms with E-state index in [0.29, 0.717) is 27.7 Å². The van der Waals surface area contributed by atoms with Crippen LogP contribution in [0.25, 0.3) is 0 Å². The average molecular weight is 285 g/mol. The Bertz CT molecular complexity index is 440. The van der Waals surface area contributed by atoms with Crippen LogP contribution in [0.15, 0.2) is 34.6 Å². The Morgan fingerprint density at radius 2 is 2.38 bits per heavy atom. The lowest BCUT2D eigenvalue weighted by Crippen LogP contribution is -2.11. The summed E-state index contributed by atoms with van der Waals surface area (Å²) in [4.78, 5) is 0. The third-order valence-electron chi connectivity index (χ3n) is 1.91. The van der Waals surface area contributed by atoms with E-state index in [4.69, 9.17) is 15.7 Å². The number of hydrogen-bond donors (Lipinski definition) is 1. The Labute approximate surface area is 101 Å². The van der Waals surface area contributed by atoms with Crippen LogP contribution < -0.4 is 10.5 Å². The molecule has 0 aromatic heterocycles. The Kier molecular flexibility index (Phi) is 4.96. The molecule has 1 aromatic rings. The summed E-state index contributed by atoms with van der Waals surface area (Å²) in [5.41, 5.74) is 6.11. The number of ether oxygens (including phenoxy) is 1. The van der Waals surface area contributed by atoms with Gasteiger partial charge in [-0.25, -0.2) is 4.39 Å². The van der Waals surface area contributed by atoms with E-state index in [-0.39, 0.29) is 13.2 Å². The first-order chi connectivity index (χ1) is 7.72. The molecule has 84 valence electrons. The van der Waals surface area contributed by atoms with E-state index in [1.807, 2.05) is 6.07 Å². The van der Waals surface area contributed by atoms with E-state index in [1.54, 1.807) is 18.2 Å². The summed E-state index contributed by atoms with van der Waals surface area (Å²) in [5.74, 6) is 0.492. The van der Waals surface area contributed by atoms with Gasteiger partial charge in [0.2, 0.25) is 0 Å². The minimum atomic E-state index is 0.0699. The number of nitriles is 1. The molecule has 0 atom stereocenters. The quantitative estimate of drug-likeness (QED) is 0.924. The van der Waals surface area contributed by atoms with Gasteiger partial charge >= 0.3 is 0 Å². The van der Waals surface area contributed by atoms with Crippen LogP contribution in [-0.2, 0) is 0 Å². The van der Waals surface area contributed by atoms with Crippen molar-refractivity contribution in [3.8, 4) is 11.8 Å². The molecule has 0 fully saturated rings. The summed E-state index contributed by atoms with van der Waals surface area (Å²) in [7, 11) is 0. The van der Waals surface area contributed by atoms with Crippen molar-refractivity contribution >= 4 is 15.9 Å². The highest BCUT2D eigenvalue weighted by Crippen LogP contribution is 2.28. The first-order valence-electron chi connectivity index (χ1n) is 4.52. The van der Waals surface area contributed by atoms with Crippen LogP contribution in [0.4, 0.5) is 4.39 Å². The molecule has 5 heteroatoms. The molecular weight excluding hydrogens is 275 g/mol. The second-order valence-electron chi connectivity index (χ2n) is 2.99. The molecular formula is C11H10BrFN2O. The zero-order chi connectivity index (χ0) is 12.0. The Balaban J connectivity index is 2.79. The predicted molar refractivity (Wildman–Crippen MR) is 62.6 cm³/mol. The van der Waals surface area contributed by atoms with Crippen LogP contribution in [0.5, 0.6) is 5.75 Å². The van der Waals surface area contributed by atoms with Crippen molar-refractivity contribution < 1.29 is 9.13 Å². The fourth-order valence-corrected chi connectivity index (χ4v) is 1.48. The van der Waals surface area contributed by atoms with Crippen molar-refractivity contribution in [3.05, 3.63) is 40.1 Å². The molecule has 0 radical (unpaired) electrons. The first kappa shape index (κ1) is 12.7. The summed E-state index contributed by atoms with van der Waals surface area (Å²) < 4.78 is 18.1. The van der Waals surface area contributed by atoms with Gasteiger partial charge in [0.1, 0.15) is 18.4 Å². The average Bonchev–Trinajstić information content (AvgIpc) is 2.32. The van der Waals surface area contributed by atoms with Crippen molar-refractivity contribution in [2.24, 2.45) is 5.73 Å². The second kappa shape index (κ2) is 6.26. The van der Waals surface area contributed by atoms with E-state index < -0.39 is 0 Å². The van der Waals surface area contributed by atoms with Gasteiger partial charge in [-0.15, -0.1) is 0 Å². The van der Waals surface area contributed by atoms with E-state index in [2.05, 4.69) is 15.9 Å². The van der Waals surface area contributed by atoms with Gasteiger partial charge in [0.15, 0.2) is 0 Å². The van der Waals surface area contributed by atoms with Gasteiger partial charge in [0, 0.05) is 12.1 Å². The molecule has 2 N–H and O–H groups in total. The minimum Gasteiger partial charge on any atom is -0.488 e. The lowest BCUT2D eigenvalue weighted by Gasteiger charge is -2.09. The molecule has 16 heavy (non-hydrogen) atoms. The first-order valence-corrected chi connectivity index (χ1v) is 5.31. The Morgan fingerprint density at radius 3 is 2.94 bits per heavy atom. The zero-order valence-electron chi connectivity index (χ0n) is 8.41. The summed E-state index contributed by atoms with van der Waals surface area (Å²) in [5, 5.41) is 8.79. The lowest BCUT2D eigenvalue weighted by atomic mass is 10.2. The van der Waals surface area contributed by atoms with Gasteiger partial charge in [-0.3, -0.25) is 0 Å². The van der Waals surface area contributed by atoms with Crippen LogP contribution >= 0.6 is 15.9 Å². The lowest BCUT2D eigenvalue weighted by molar-refractivity contribution is 0.345. The fourth-order valence-electron chi connectivity index (χ4n) is 1.01. The number of nitrogens with zero attached hydrogens (tertiary/aromatic N) is 1. The standard InChI is InChI=1S/C11H10BrFN2O/c12-11-9(6-15)2-1-3-10(11)16-7-8(4-13)5-14/h1-4H,5,7,14H2. The molecule has 0 aliphatic rings. The summed E-state index contributed by atoms with van der Waals surface area (Å²) >= 11 is 3.24. The van der Waals surface area contributed by atoms with Gasteiger partial charge < -0.3 is 10.5 Å². The van der Waals surface area contributed by atoms with Gasteiger partial charge in [0.05, 0.1) is 16.4 Å². The third kappa shape index (κ3) is 3.05. The Hall–Kier alpha value is -1.38. The topological polar surface area (TPSA) is 59.0 Å². The van der Waals surface area contributed by atoms with Crippen LogP contribution in [0.2, 0.25) is 0 Å². The maximum absolute atomic E-state index is 12.2. The van der Waals surface area contributed by atoms with E-state index in [0.717, 1.165) is 0 Å². The molecule has 0 aliphatic heterocycles. The largest absolute Gasteiger partial charge is 0.488 e. The smallest absolute Gasteiger partial charge is 0.135 e. The van der Waals surface area contributed by atoms with Crippen LogP contribution in [0.3, 0.4) is 0 Å². The number of hydrogen-bond acceptors (Lipinski definition) is 3. The highest BCUT2D eigenvalue weighted by molar-refractivity contribution is 9.10. The van der Waals surface area contributed by atoms with Gasteiger partial charge in [0.25, 0.3) is 0 Å². The van der Waals surface area contributed by atoms with Crippen molar-refractivity contribution in [1.29, 1.82) is 5.26 Å². The molecule has 0 heterocycles. The maximum Gasteiger partial charge on any atom is 0.135 e. The number of rotatable bonds is 4. The van der Waals surface area contributed by atoms with Gasteiger partial charge in [-0.1, -0.05) is 6.07 Å². The SMILES string of the molecule is N#Cc1cccc(OCC(=CF)CN)c1Br. The van der Waals surface area contributed by atoms with E-state index in [1.165, 1.54) is 0 Å². The van der Waals surface area contributed by atoms with Crippen molar-refractivity contribution in [3.63, 3.8) is 0 Å². The second-order valence-corrected chi connectivity index (χ2v) is 3.78. The summed E-state index contributed by atoms with van der Waals surface area (Å²) in [6, 6.07) is 7.06. The molecule has 0 aliphatic carbocycles. The monoisotopic (exact) mass is 284 g/mol. The fraction of sp³-hybridized carbons (Fsp3) is 0.182. The van der Waals surface area contributed by atoms with Crippen molar-refractivity contribution in [2.45, 2.75) is 0 Å². The molecule has 0 bridgehead atoms. The van der Waals surface area contributed by atoms with Gasteiger partial charge in [-0.2, -0.15) is 5.26 Å². The predicted octanol–water partition coefficient (Wildman–Crippen LogP) is 2.51. The van der Waals surface area contributed by atoms with E-state index >= 15 is 0 Å².